The van der Waals surface area contributed by atoms with Crippen LogP contribution in [-0.4, -0.2) is 23.2 Å². The topological polar surface area (TPSA) is 49.3 Å². The molecule has 82 valence electrons. The van der Waals surface area contributed by atoms with Crippen molar-refractivity contribution in [1.82, 2.24) is 5.32 Å². The molecule has 1 saturated carbocycles. The Bertz CT molecular complexity index is 201. The van der Waals surface area contributed by atoms with Gasteiger partial charge >= 0.3 is 5.97 Å². The van der Waals surface area contributed by atoms with Crippen LogP contribution < -0.4 is 5.32 Å². The summed E-state index contributed by atoms with van der Waals surface area (Å²) in [5, 5.41) is 12.6. The van der Waals surface area contributed by atoms with Gasteiger partial charge in [-0.25, -0.2) is 0 Å². The fourth-order valence-electron chi connectivity index (χ4n) is 2.70. The van der Waals surface area contributed by atoms with E-state index in [9.17, 15) is 9.90 Å². The monoisotopic (exact) mass is 199 g/mol. The predicted octanol–water partition coefficient (Wildman–Crippen LogP) is 2.02. The van der Waals surface area contributed by atoms with Gasteiger partial charge in [-0.15, -0.1) is 0 Å². The highest BCUT2D eigenvalue weighted by atomic mass is 16.4. The van der Waals surface area contributed by atoms with Crippen LogP contribution in [0.4, 0.5) is 0 Å². The van der Waals surface area contributed by atoms with Gasteiger partial charge in [-0.3, -0.25) is 4.79 Å². The number of carboxylic acids is 1. The summed E-state index contributed by atoms with van der Waals surface area (Å²) >= 11 is 0. The molecule has 0 radical (unpaired) electrons. The van der Waals surface area contributed by atoms with Crippen molar-refractivity contribution in [2.24, 2.45) is 5.92 Å². The highest BCUT2D eigenvalue weighted by Gasteiger charge is 2.45. The first-order valence-electron chi connectivity index (χ1n) is 5.65. The molecule has 0 aromatic carbocycles. The van der Waals surface area contributed by atoms with Crippen LogP contribution in [0.25, 0.3) is 0 Å². The third kappa shape index (κ3) is 1.92. The summed E-state index contributed by atoms with van der Waals surface area (Å²) in [6.07, 6.45) is 5.01. The molecule has 0 saturated heterocycles. The molecule has 0 amide bonds. The second-order valence-corrected chi connectivity index (χ2v) is 4.16. The maximum atomic E-state index is 11.4. The highest BCUT2D eigenvalue weighted by molar-refractivity contribution is 5.79. The van der Waals surface area contributed by atoms with E-state index in [0.29, 0.717) is 5.92 Å². The number of rotatable bonds is 4. The summed E-state index contributed by atoms with van der Waals surface area (Å²) in [6.45, 7) is 4.81. The van der Waals surface area contributed by atoms with Crippen molar-refractivity contribution >= 4 is 5.97 Å². The van der Waals surface area contributed by atoms with E-state index in [1.165, 1.54) is 6.42 Å². The van der Waals surface area contributed by atoms with Crippen molar-refractivity contribution in [1.29, 1.82) is 0 Å². The number of carboxylic acid groups (broad SMARTS) is 1. The molecular formula is C11H21NO2. The fraction of sp³-hybridized carbons (Fsp3) is 0.909. The van der Waals surface area contributed by atoms with Crippen LogP contribution in [0.2, 0.25) is 0 Å². The Morgan fingerprint density at radius 3 is 2.71 bits per heavy atom. The molecule has 0 heterocycles. The maximum absolute atomic E-state index is 11.4. The van der Waals surface area contributed by atoms with E-state index >= 15 is 0 Å². The van der Waals surface area contributed by atoms with Gasteiger partial charge in [0.05, 0.1) is 0 Å². The van der Waals surface area contributed by atoms with Crippen LogP contribution in [0.5, 0.6) is 0 Å². The van der Waals surface area contributed by atoms with E-state index in [1.807, 2.05) is 6.92 Å². The molecule has 1 rings (SSSR count). The number of hydrogen-bond donors (Lipinski definition) is 2. The highest BCUT2D eigenvalue weighted by Crippen LogP contribution is 2.36. The minimum Gasteiger partial charge on any atom is -0.480 e. The lowest BCUT2D eigenvalue weighted by atomic mass is 9.71. The SMILES string of the molecule is CCNC1(C(=O)O)CCCCC1CC. The van der Waals surface area contributed by atoms with E-state index in [1.54, 1.807) is 0 Å². The van der Waals surface area contributed by atoms with E-state index in [4.69, 9.17) is 0 Å². The summed E-state index contributed by atoms with van der Waals surface area (Å²) in [4.78, 5) is 11.4. The Hall–Kier alpha value is -0.570. The molecule has 2 atom stereocenters. The lowest BCUT2D eigenvalue weighted by molar-refractivity contribution is -0.149. The molecule has 1 aliphatic rings. The van der Waals surface area contributed by atoms with Gasteiger partial charge in [0, 0.05) is 0 Å². The van der Waals surface area contributed by atoms with Crippen LogP contribution in [0.3, 0.4) is 0 Å². The molecule has 0 aromatic rings. The molecule has 1 aliphatic carbocycles. The summed E-state index contributed by atoms with van der Waals surface area (Å²) in [6, 6.07) is 0. The Labute approximate surface area is 85.9 Å². The first-order chi connectivity index (χ1) is 6.67. The molecule has 0 aliphatic heterocycles. The van der Waals surface area contributed by atoms with E-state index in [0.717, 1.165) is 32.2 Å². The number of carbonyl (C=O) groups is 1. The Morgan fingerprint density at radius 2 is 2.21 bits per heavy atom. The zero-order valence-electron chi connectivity index (χ0n) is 9.18. The quantitative estimate of drug-likeness (QED) is 0.728. The predicted molar refractivity (Wildman–Crippen MR) is 56.3 cm³/mol. The molecule has 14 heavy (non-hydrogen) atoms. The van der Waals surface area contributed by atoms with Crippen LogP contribution in [0.1, 0.15) is 46.0 Å². The zero-order valence-corrected chi connectivity index (χ0v) is 9.18. The number of nitrogens with one attached hydrogen (secondary N) is 1. The third-order valence-corrected chi connectivity index (χ3v) is 3.44. The maximum Gasteiger partial charge on any atom is 0.324 e. The number of likely N-dealkylation sites (N-methyl/N-ethyl adjacent to an activating group) is 1. The number of hydrogen-bond acceptors (Lipinski definition) is 2. The van der Waals surface area contributed by atoms with Gasteiger partial charge in [-0.2, -0.15) is 0 Å². The fourth-order valence-corrected chi connectivity index (χ4v) is 2.70. The number of aliphatic carboxylic acids is 1. The van der Waals surface area contributed by atoms with Crippen LogP contribution in [-0.2, 0) is 4.79 Å². The van der Waals surface area contributed by atoms with Gasteiger partial charge in [0.2, 0.25) is 0 Å². The molecule has 0 aromatic heterocycles. The van der Waals surface area contributed by atoms with Crippen molar-refractivity contribution in [2.75, 3.05) is 6.54 Å². The second kappa shape index (κ2) is 4.78. The molecule has 0 bridgehead atoms. The van der Waals surface area contributed by atoms with Crippen molar-refractivity contribution in [3.05, 3.63) is 0 Å². The van der Waals surface area contributed by atoms with Crippen molar-refractivity contribution in [3.8, 4) is 0 Å². The minimum absolute atomic E-state index is 0.300. The Morgan fingerprint density at radius 1 is 1.50 bits per heavy atom. The van der Waals surface area contributed by atoms with Gasteiger partial charge in [0.25, 0.3) is 0 Å². The average Bonchev–Trinajstić information content (AvgIpc) is 2.18. The van der Waals surface area contributed by atoms with Gasteiger partial charge in [0.1, 0.15) is 5.54 Å². The zero-order chi connectivity index (χ0) is 10.6. The third-order valence-electron chi connectivity index (χ3n) is 3.44. The van der Waals surface area contributed by atoms with Gasteiger partial charge < -0.3 is 10.4 Å². The summed E-state index contributed by atoms with van der Waals surface area (Å²) in [7, 11) is 0. The summed E-state index contributed by atoms with van der Waals surface area (Å²) in [5.41, 5.74) is -0.637. The molecule has 3 nitrogen and oxygen atoms in total. The molecular weight excluding hydrogens is 178 g/mol. The largest absolute Gasteiger partial charge is 0.480 e. The minimum atomic E-state index is -0.661. The Balaban J connectivity index is 2.84. The van der Waals surface area contributed by atoms with Crippen molar-refractivity contribution in [2.45, 2.75) is 51.5 Å². The molecule has 0 spiro atoms. The molecule has 2 N–H and O–H groups in total. The average molecular weight is 199 g/mol. The van der Waals surface area contributed by atoms with Crippen molar-refractivity contribution in [3.63, 3.8) is 0 Å². The van der Waals surface area contributed by atoms with E-state index in [-0.39, 0.29) is 0 Å². The van der Waals surface area contributed by atoms with Crippen molar-refractivity contribution < 1.29 is 9.90 Å². The standard InChI is InChI=1S/C11H21NO2/c1-3-9-7-5-6-8-11(9,10(13)14)12-4-2/h9,12H,3-8H2,1-2H3,(H,13,14). The molecule has 3 heteroatoms. The summed E-state index contributed by atoms with van der Waals surface area (Å²) < 4.78 is 0. The van der Waals surface area contributed by atoms with E-state index in [2.05, 4.69) is 12.2 Å². The first-order valence-corrected chi connectivity index (χ1v) is 5.65. The lowest BCUT2D eigenvalue weighted by Gasteiger charge is -2.41. The van der Waals surface area contributed by atoms with Crippen LogP contribution in [0, 0.1) is 5.92 Å². The second-order valence-electron chi connectivity index (χ2n) is 4.16. The Kier molecular flexibility index (Phi) is 3.93. The summed E-state index contributed by atoms with van der Waals surface area (Å²) in [5.74, 6) is -0.361. The smallest absolute Gasteiger partial charge is 0.324 e. The molecule has 2 unspecified atom stereocenters. The van der Waals surface area contributed by atoms with Gasteiger partial charge in [-0.1, -0.05) is 33.1 Å². The normalized spacial score (nSPS) is 32.9. The van der Waals surface area contributed by atoms with Crippen LogP contribution in [0.15, 0.2) is 0 Å². The van der Waals surface area contributed by atoms with Gasteiger partial charge in [-0.05, 0) is 25.3 Å². The van der Waals surface area contributed by atoms with E-state index < -0.39 is 11.5 Å². The first kappa shape index (κ1) is 11.5. The lowest BCUT2D eigenvalue weighted by Crippen LogP contribution is -2.58. The van der Waals surface area contributed by atoms with Crippen LogP contribution >= 0.6 is 0 Å². The van der Waals surface area contributed by atoms with Gasteiger partial charge in [0.15, 0.2) is 0 Å². The molecule has 1 fully saturated rings.